The Morgan fingerprint density at radius 1 is 1.21 bits per heavy atom. The number of halogens is 1. The van der Waals surface area contributed by atoms with Crippen molar-refractivity contribution in [3.8, 4) is 0 Å². The van der Waals surface area contributed by atoms with Gasteiger partial charge in [-0.2, -0.15) is 9.61 Å². The van der Waals surface area contributed by atoms with Crippen LogP contribution in [0.2, 0.25) is 0 Å². The van der Waals surface area contributed by atoms with E-state index in [0.717, 1.165) is 60.9 Å². The second-order valence-electron chi connectivity index (χ2n) is 9.31. The number of rotatable bonds is 6. The van der Waals surface area contributed by atoms with Gasteiger partial charge in [-0.05, 0) is 62.7 Å². The maximum atomic E-state index is 13.9. The van der Waals surface area contributed by atoms with Crippen molar-refractivity contribution in [3.63, 3.8) is 0 Å². The predicted molar refractivity (Wildman–Crippen MR) is 128 cm³/mol. The topological polar surface area (TPSA) is 77.2 Å². The highest BCUT2D eigenvalue weighted by Gasteiger charge is 2.31. The summed E-state index contributed by atoms with van der Waals surface area (Å²) in [5, 5.41) is 14.4. The molecule has 8 nitrogen and oxygen atoms in total. The molecule has 0 aliphatic carbocycles. The first-order valence-electron chi connectivity index (χ1n) is 12.0. The van der Waals surface area contributed by atoms with Gasteiger partial charge >= 0.3 is 0 Å². The number of hydrogen-bond acceptors (Lipinski definition) is 6. The Kier molecular flexibility index (Phi) is 6.22. The van der Waals surface area contributed by atoms with Crippen LogP contribution in [0.4, 0.5) is 15.9 Å². The monoisotopic (exact) mass is 466 g/mol. The number of imidazole rings is 1. The summed E-state index contributed by atoms with van der Waals surface area (Å²) in [6.07, 6.45) is 2.24. The normalized spacial score (nSPS) is 17.8. The Balaban J connectivity index is 1.33. The molecular formula is C25H31FN6O2. The molecule has 0 saturated carbocycles. The van der Waals surface area contributed by atoms with Crippen molar-refractivity contribution < 1.29 is 14.3 Å². The average Bonchev–Trinajstić information content (AvgIpc) is 3.20. The van der Waals surface area contributed by atoms with E-state index < -0.39 is 0 Å². The molecule has 180 valence electrons. The number of aromatic nitrogens is 3. The minimum Gasteiger partial charge on any atom is -0.389 e. The van der Waals surface area contributed by atoms with Crippen molar-refractivity contribution in [1.82, 2.24) is 24.4 Å². The summed E-state index contributed by atoms with van der Waals surface area (Å²) in [6.45, 7) is 5.06. The number of aliphatic hydroxyl groups is 1. The fourth-order valence-corrected chi connectivity index (χ4v) is 4.92. The molecular weight excluding hydrogens is 435 g/mol. The standard InChI is InChI=1S/C25H31FN6O2/c1-3-21-25(29(2)19-6-4-5-18(26)13-19)32-23(27-21)8-7-22(28-32)17-9-11-30(12-10-17)16-24(34)31-14-20(33)15-31/h4-8,13,17,20,33H,3,9-12,14-16H2,1-2H3. The molecule has 2 fully saturated rings. The molecule has 2 aliphatic heterocycles. The van der Waals surface area contributed by atoms with E-state index in [2.05, 4.69) is 17.9 Å². The van der Waals surface area contributed by atoms with Gasteiger partial charge in [0.2, 0.25) is 5.91 Å². The first-order valence-corrected chi connectivity index (χ1v) is 12.0. The lowest BCUT2D eigenvalue weighted by Crippen LogP contribution is -2.56. The van der Waals surface area contributed by atoms with Gasteiger partial charge in [-0.1, -0.05) is 13.0 Å². The number of benzene rings is 1. The minimum absolute atomic E-state index is 0.0961. The van der Waals surface area contributed by atoms with Crippen LogP contribution in [0.1, 0.15) is 37.1 Å². The second-order valence-corrected chi connectivity index (χ2v) is 9.31. The highest BCUT2D eigenvalue weighted by molar-refractivity contribution is 5.79. The van der Waals surface area contributed by atoms with Crippen LogP contribution in [0.15, 0.2) is 36.4 Å². The molecule has 34 heavy (non-hydrogen) atoms. The third kappa shape index (κ3) is 4.37. The van der Waals surface area contributed by atoms with Gasteiger partial charge in [0.05, 0.1) is 24.0 Å². The zero-order valence-corrected chi connectivity index (χ0v) is 19.7. The number of β-amino-alcohol motifs (C(OH)–C–C–N with tert-alkyl or cyclic N) is 1. The number of anilines is 2. The van der Waals surface area contributed by atoms with Crippen molar-refractivity contribution in [2.75, 3.05) is 44.7 Å². The predicted octanol–water partition coefficient (Wildman–Crippen LogP) is 2.58. The van der Waals surface area contributed by atoms with Gasteiger partial charge in [-0.25, -0.2) is 9.37 Å². The van der Waals surface area contributed by atoms with Crippen molar-refractivity contribution >= 4 is 23.1 Å². The number of likely N-dealkylation sites (tertiary alicyclic amines) is 2. The summed E-state index contributed by atoms with van der Waals surface area (Å²) >= 11 is 0. The van der Waals surface area contributed by atoms with Gasteiger partial charge in [0.15, 0.2) is 11.5 Å². The number of amides is 1. The van der Waals surface area contributed by atoms with E-state index in [9.17, 15) is 14.3 Å². The third-order valence-corrected chi connectivity index (χ3v) is 6.97. The number of hydrogen-bond donors (Lipinski definition) is 1. The van der Waals surface area contributed by atoms with Gasteiger partial charge in [0, 0.05) is 31.7 Å². The van der Waals surface area contributed by atoms with Crippen molar-refractivity contribution in [2.24, 2.45) is 0 Å². The number of aliphatic hydroxyl groups excluding tert-OH is 1. The number of carbonyl (C=O) groups is 1. The van der Waals surface area contributed by atoms with Gasteiger partial charge in [-0.3, -0.25) is 9.69 Å². The van der Waals surface area contributed by atoms with Gasteiger partial charge in [0.25, 0.3) is 0 Å². The Labute approximate surface area is 198 Å². The molecule has 1 aromatic carbocycles. The summed E-state index contributed by atoms with van der Waals surface area (Å²) < 4.78 is 15.7. The number of carbonyl (C=O) groups excluding carboxylic acids is 1. The van der Waals surface area contributed by atoms with Crippen molar-refractivity contribution in [3.05, 3.63) is 53.6 Å². The van der Waals surface area contributed by atoms with Crippen LogP contribution in [0, 0.1) is 5.82 Å². The Hall–Kier alpha value is -3.04. The zero-order valence-electron chi connectivity index (χ0n) is 19.7. The Bertz CT molecular complexity index is 1180. The molecule has 0 spiro atoms. The van der Waals surface area contributed by atoms with Crippen LogP contribution in [-0.2, 0) is 11.2 Å². The van der Waals surface area contributed by atoms with E-state index in [4.69, 9.17) is 10.1 Å². The van der Waals surface area contributed by atoms with Crippen LogP contribution in [0.5, 0.6) is 0 Å². The smallest absolute Gasteiger partial charge is 0.236 e. The van der Waals surface area contributed by atoms with Crippen LogP contribution in [-0.4, -0.2) is 81.3 Å². The molecule has 0 bridgehead atoms. The number of nitrogens with zero attached hydrogens (tertiary/aromatic N) is 6. The molecule has 2 saturated heterocycles. The van der Waals surface area contributed by atoms with E-state index in [1.165, 1.54) is 12.1 Å². The molecule has 3 aromatic rings. The third-order valence-electron chi connectivity index (χ3n) is 6.97. The summed E-state index contributed by atoms with van der Waals surface area (Å²) in [7, 11) is 1.92. The summed E-state index contributed by atoms with van der Waals surface area (Å²) in [5.41, 5.74) is 3.45. The van der Waals surface area contributed by atoms with E-state index >= 15 is 0 Å². The fraction of sp³-hybridized carbons (Fsp3) is 0.480. The van der Waals surface area contributed by atoms with E-state index in [0.29, 0.717) is 25.6 Å². The number of aryl methyl sites for hydroxylation is 1. The van der Waals surface area contributed by atoms with Crippen LogP contribution >= 0.6 is 0 Å². The maximum absolute atomic E-state index is 13.9. The molecule has 0 radical (unpaired) electrons. The maximum Gasteiger partial charge on any atom is 0.236 e. The molecule has 2 aromatic heterocycles. The molecule has 2 aliphatic rings. The highest BCUT2D eigenvalue weighted by Crippen LogP contribution is 2.31. The SMILES string of the molecule is CCc1nc2ccc(C3CCN(CC(=O)N4CC(O)C4)CC3)nn2c1N(C)c1cccc(F)c1. The fourth-order valence-electron chi connectivity index (χ4n) is 4.92. The van der Waals surface area contributed by atoms with Crippen LogP contribution in [0.25, 0.3) is 5.65 Å². The quantitative estimate of drug-likeness (QED) is 0.602. The van der Waals surface area contributed by atoms with Gasteiger partial charge in [0.1, 0.15) is 5.82 Å². The zero-order chi connectivity index (χ0) is 23.8. The molecule has 1 amide bonds. The van der Waals surface area contributed by atoms with Crippen LogP contribution in [0.3, 0.4) is 0 Å². The molecule has 5 rings (SSSR count). The lowest BCUT2D eigenvalue weighted by atomic mass is 9.93. The Morgan fingerprint density at radius 3 is 2.65 bits per heavy atom. The first kappa shape index (κ1) is 22.7. The largest absolute Gasteiger partial charge is 0.389 e. The molecule has 0 atom stereocenters. The average molecular weight is 467 g/mol. The minimum atomic E-state index is -0.364. The van der Waals surface area contributed by atoms with E-state index in [1.54, 1.807) is 11.0 Å². The van der Waals surface area contributed by atoms with E-state index in [1.807, 2.05) is 28.6 Å². The summed E-state index contributed by atoms with van der Waals surface area (Å²) in [6, 6.07) is 10.6. The second kappa shape index (κ2) is 9.31. The van der Waals surface area contributed by atoms with Crippen molar-refractivity contribution in [2.45, 2.75) is 38.2 Å². The first-order chi connectivity index (χ1) is 16.4. The van der Waals surface area contributed by atoms with E-state index in [-0.39, 0.29) is 17.8 Å². The molecule has 4 heterocycles. The molecule has 9 heteroatoms. The van der Waals surface area contributed by atoms with Crippen molar-refractivity contribution in [1.29, 1.82) is 0 Å². The number of fused-ring (bicyclic) bond motifs is 1. The Morgan fingerprint density at radius 2 is 1.97 bits per heavy atom. The highest BCUT2D eigenvalue weighted by atomic mass is 19.1. The van der Waals surface area contributed by atoms with Crippen LogP contribution < -0.4 is 4.90 Å². The lowest BCUT2D eigenvalue weighted by Gasteiger charge is -2.38. The summed E-state index contributed by atoms with van der Waals surface area (Å²) in [5.74, 6) is 0.977. The number of piperidine rings is 1. The van der Waals surface area contributed by atoms with Gasteiger partial charge in [-0.15, -0.1) is 0 Å². The molecule has 1 N–H and O–H groups in total. The van der Waals surface area contributed by atoms with Gasteiger partial charge < -0.3 is 14.9 Å². The lowest BCUT2D eigenvalue weighted by molar-refractivity contribution is -0.142. The summed E-state index contributed by atoms with van der Waals surface area (Å²) in [4.78, 5) is 22.9. The molecule has 0 unspecified atom stereocenters.